The Morgan fingerprint density at radius 1 is 0.492 bits per heavy atom. The SMILES string of the molecule is CC(C)(C)c1cc(C#Cc2ccccc2)c(O)c(C[S]2=[Ti]=[S@@](Cc3cc(C(C)(C)C)cc(C#Cc4ccccc4)c3O)C3CCCCCC[C@@H]32)c1.[CH2-]c1ccccc1.[CH2-]c1ccccc1. The summed E-state index contributed by atoms with van der Waals surface area (Å²) in [5.74, 6) is 15.9. The fourth-order valence-corrected chi connectivity index (χ4v) is 28.7. The zero-order valence-corrected chi connectivity index (χ0v) is 42.5. The van der Waals surface area contributed by atoms with Crippen LogP contribution in [0.1, 0.15) is 136 Å². The van der Waals surface area contributed by atoms with Crippen molar-refractivity contribution in [1.29, 1.82) is 0 Å². The number of phenolic OH excluding ortho intramolecular Hbond substituents is 2. The van der Waals surface area contributed by atoms with Gasteiger partial charge in [-0.1, -0.05) is 12.1 Å². The van der Waals surface area contributed by atoms with Gasteiger partial charge >= 0.3 is 319 Å². The van der Waals surface area contributed by atoms with Gasteiger partial charge in [-0.15, -0.1) is 24.3 Å². The molecule has 0 radical (unpaired) electrons. The maximum Gasteiger partial charge on any atom is -0.0866 e. The van der Waals surface area contributed by atoms with Gasteiger partial charge in [0.15, 0.2) is 0 Å². The summed E-state index contributed by atoms with van der Waals surface area (Å²) in [6.07, 6.45) is 7.86. The molecule has 5 heteroatoms. The van der Waals surface area contributed by atoms with E-state index in [2.05, 4.69) is 103 Å². The number of benzene rings is 6. The summed E-state index contributed by atoms with van der Waals surface area (Å²) in [7, 11) is 0.492. The Labute approximate surface area is 401 Å². The van der Waals surface area contributed by atoms with E-state index in [1.807, 2.05) is 121 Å². The number of hydrogen-bond acceptors (Lipinski definition) is 2. The third-order valence-corrected chi connectivity index (χ3v) is 27.7. The van der Waals surface area contributed by atoms with E-state index in [4.69, 9.17) is 0 Å². The Morgan fingerprint density at radius 2 is 0.831 bits per heavy atom. The average Bonchev–Trinajstić information content (AvgIpc) is 3.58. The predicted molar refractivity (Wildman–Crippen MR) is 278 cm³/mol. The van der Waals surface area contributed by atoms with Gasteiger partial charge < -0.3 is 0 Å². The number of rotatable bonds is 4. The molecule has 0 saturated heterocycles. The van der Waals surface area contributed by atoms with Crippen LogP contribution in [-0.2, 0) is 37.8 Å². The summed E-state index contributed by atoms with van der Waals surface area (Å²) in [6.45, 7) is 21.0. The van der Waals surface area contributed by atoms with Crippen molar-refractivity contribution in [3.05, 3.63) is 215 Å². The quantitative estimate of drug-likeness (QED) is 0.105. The molecule has 2 aliphatic rings. The summed E-state index contributed by atoms with van der Waals surface area (Å²) in [4.78, 5) is 0. The molecule has 6 aromatic rings. The first-order chi connectivity index (χ1) is 31.2. The summed E-state index contributed by atoms with van der Waals surface area (Å²) in [6, 6.07) is 48.7. The molecule has 1 aliphatic heterocycles. The van der Waals surface area contributed by atoms with Crippen LogP contribution in [0.5, 0.6) is 11.5 Å². The molecule has 0 spiro atoms. The molecular weight excluding hydrogens is 865 g/mol. The number of phenols is 2. The van der Waals surface area contributed by atoms with Crippen LogP contribution < -0.4 is 0 Å². The zero-order chi connectivity index (χ0) is 46.4. The van der Waals surface area contributed by atoms with Crippen LogP contribution in [0.2, 0.25) is 0 Å². The van der Waals surface area contributed by atoms with E-state index in [1.165, 1.54) is 49.7 Å². The summed E-state index contributed by atoms with van der Waals surface area (Å²) < 4.78 is 0. The Balaban J connectivity index is 0.000000424. The molecule has 4 atom stereocenters. The van der Waals surface area contributed by atoms with Crippen LogP contribution in [0.25, 0.3) is 0 Å². The molecule has 6 aromatic carbocycles. The third kappa shape index (κ3) is 14.8. The largest absolute Gasteiger partial charge is 0.199 e. The maximum absolute atomic E-state index is 11.8. The Kier molecular flexibility index (Phi) is 18.0. The number of fused-ring (bicyclic) bond motifs is 1. The van der Waals surface area contributed by atoms with Crippen molar-refractivity contribution < 1.29 is 25.7 Å². The molecule has 1 heterocycles. The smallest absolute Gasteiger partial charge is 0.0866 e. The van der Waals surface area contributed by atoms with Crippen molar-refractivity contribution in [2.24, 2.45) is 0 Å². The Bertz CT molecular complexity index is 2510. The van der Waals surface area contributed by atoms with Gasteiger partial charge in [0.05, 0.1) is 0 Å². The first kappa shape index (κ1) is 49.6. The van der Waals surface area contributed by atoms with E-state index in [0.29, 0.717) is 22.0 Å². The molecule has 2 nitrogen and oxygen atoms in total. The van der Waals surface area contributed by atoms with E-state index in [-0.39, 0.29) is 42.2 Å². The van der Waals surface area contributed by atoms with Crippen LogP contribution >= 0.6 is 15.9 Å². The minimum absolute atomic E-state index is 0.0511. The standard InChI is InChI=1S/C46H52O2S2.2C7H7.Ti/c1-45(2,3)39-27-35(25-23-33-17-11-9-12-18-33)43(47)37(29-39)31-49-41-21-15-7-8-16-22-42(41)50-32-38-30-40(46(4,5)6)28-36(44(38)48)26-24-34-19-13-10-14-20-34;2*1-7-5-3-2-4-6-7;/h9-14,17-20,27-30,41-42,47-48H,7-8,15-16,21-22,31-32H2,1-6H3;2*2-6H,1H2;/q;2*-1;/t41-,42?;;;/m0.../s1. The Morgan fingerprint density at radius 3 is 1.14 bits per heavy atom. The van der Waals surface area contributed by atoms with E-state index in [1.54, 1.807) is 0 Å². The molecule has 0 amide bonds. The van der Waals surface area contributed by atoms with Crippen molar-refractivity contribution in [3.8, 4) is 35.2 Å². The van der Waals surface area contributed by atoms with Crippen molar-refractivity contribution in [1.82, 2.24) is 0 Å². The minimum atomic E-state index is -0.351. The maximum atomic E-state index is 11.8. The van der Waals surface area contributed by atoms with Gasteiger partial charge in [0.2, 0.25) is 0 Å². The second-order valence-electron chi connectivity index (χ2n) is 19.1. The van der Waals surface area contributed by atoms with Gasteiger partial charge in [0.25, 0.3) is 0 Å². The molecule has 0 bridgehead atoms. The van der Waals surface area contributed by atoms with Crippen molar-refractivity contribution >= 4 is 15.9 Å². The first-order valence-electron chi connectivity index (χ1n) is 22.9. The van der Waals surface area contributed by atoms with Gasteiger partial charge in [-0.25, -0.2) is 0 Å². The number of aromatic hydroxyl groups is 2. The van der Waals surface area contributed by atoms with E-state index >= 15 is 0 Å². The summed E-state index contributed by atoms with van der Waals surface area (Å²) in [5, 5.41) is 25.0. The van der Waals surface area contributed by atoms with E-state index in [0.717, 1.165) is 56.0 Å². The molecule has 2 unspecified atom stereocenters. The van der Waals surface area contributed by atoms with Crippen molar-refractivity contribution in [2.45, 2.75) is 113 Å². The van der Waals surface area contributed by atoms with Crippen LogP contribution in [0.4, 0.5) is 0 Å². The minimum Gasteiger partial charge on any atom is -0.199 e. The van der Waals surface area contributed by atoms with Crippen LogP contribution in [0.15, 0.2) is 146 Å². The average molecular weight is 931 g/mol. The van der Waals surface area contributed by atoms with E-state index < -0.39 is 0 Å². The van der Waals surface area contributed by atoms with Gasteiger partial charge in [-0.2, -0.15) is 49.2 Å². The molecule has 0 aromatic heterocycles. The fraction of sp³-hybridized carbons (Fsp3) is 0.300. The molecule has 1 fully saturated rings. The monoisotopic (exact) mass is 930 g/mol. The molecular formula is C60H66O2S2Ti-2. The second kappa shape index (κ2) is 23.6. The molecule has 2 N–H and O–H groups in total. The van der Waals surface area contributed by atoms with Gasteiger partial charge in [0.1, 0.15) is 0 Å². The van der Waals surface area contributed by atoms with Gasteiger partial charge in [-0.05, 0) is 0 Å². The summed E-state index contributed by atoms with van der Waals surface area (Å²) >= 11 is -0.351. The molecule has 8 rings (SSSR count). The second-order valence-corrected chi connectivity index (χ2v) is 30.5. The van der Waals surface area contributed by atoms with Crippen molar-refractivity contribution in [3.63, 3.8) is 0 Å². The third-order valence-electron chi connectivity index (χ3n) is 11.7. The predicted octanol–water partition coefficient (Wildman–Crippen LogP) is 15.5. The zero-order valence-electron chi connectivity index (χ0n) is 39.3. The molecule has 336 valence electrons. The van der Waals surface area contributed by atoms with E-state index in [9.17, 15) is 10.2 Å². The Hall–Kier alpha value is -4.81. The van der Waals surface area contributed by atoms with Crippen molar-refractivity contribution in [2.75, 3.05) is 0 Å². The first-order valence-corrected chi connectivity index (χ1v) is 29.7. The summed E-state index contributed by atoms with van der Waals surface area (Å²) in [5.41, 5.74) is 10.1. The molecule has 1 aliphatic carbocycles. The van der Waals surface area contributed by atoms with Gasteiger partial charge in [0, 0.05) is 0 Å². The molecule has 65 heavy (non-hydrogen) atoms. The van der Waals surface area contributed by atoms with Crippen LogP contribution in [0.3, 0.4) is 0 Å². The van der Waals surface area contributed by atoms with Gasteiger partial charge in [-0.3, -0.25) is 0 Å². The molecule has 1 saturated carbocycles. The number of hydrogen-bond donors (Lipinski definition) is 2. The fourth-order valence-electron chi connectivity index (χ4n) is 7.88. The van der Waals surface area contributed by atoms with Crippen LogP contribution in [0, 0.1) is 37.5 Å². The van der Waals surface area contributed by atoms with Crippen LogP contribution in [-0.4, -0.2) is 20.7 Å². The normalized spacial score (nSPS) is 17.8. The topological polar surface area (TPSA) is 40.5 Å².